The molecule has 0 saturated carbocycles. The largest absolute Gasteiger partial charge is 0.504 e. The maximum absolute atomic E-state index is 10.7. The van der Waals surface area contributed by atoms with E-state index >= 15 is 0 Å². The predicted octanol–water partition coefficient (Wildman–Crippen LogP) is 0.0522. The Hall–Kier alpha value is -1.75. The number of aromatic hydroxyl groups is 2. The number of nitrogens with two attached hydrogens (primary N) is 1. The number of carboxylic acids is 1. The van der Waals surface area contributed by atoms with Crippen LogP contribution in [0.4, 0.5) is 0 Å². The third-order valence-electron chi connectivity index (χ3n) is 1.48. The van der Waals surface area contributed by atoms with Crippen LogP contribution >= 0.6 is 0 Å². The van der Waals surface area contributed by atoms with Gasteiger partial charge in [0.25, 0.3) is 0 Å². The third kappa shape index (κ3) is 2.37. The van der Waals surface area contributed by atoms with E-state index in [4.69, 9.17) is 20.1 Å². The first kappa shape index (κ1) is 6.67. The van der Waals surface area contributed by atoms with Crippen LogP contribution in [0.3, 0.4) is 0 Å². The summed E-state index contributed by atoms with van der Waals surface area (Å²) in [6.45, 7) is 0. The molecule has 0 fully saturated rings. The van der Waals surface area contributed by atoms with Crippen LogP contribution in [-0.2, 0) is 11.2 Å². The maximum atomic E-state index is 10.7. The molecule has 0 radical (unpaired) electrons. The molecule has 0 unspecified atom stereocenters. The number of hydrogen-bond donors (Lipinski definition) is 4. The predicted molar refractivity (Wildman–Crippen MR) is 49.1 cm³/mol. The molecule has 1 aromatic carbocycles. The van der Waals surface area contributed by atoms with Crippen LogP contribution < -0.4 is 5.73 Å². The molecule has 0 bridgehead atoms. The summed E-state index contributed by atoms with van der Waals surface area (Å²) in [6.07, 6.45) is -2.73. The summed E-state index contributed by atoms with van der Waals surface area (Å²) < 4.78 is 22.4. The van der Waals surface area contributed by atoms with Gasteiger partial charge < -0.3 is 21.1 Å². The number of hydrogen-bond acceptors (Lipinski definition) is 4. The molecule has 5 nitrogen and oxygen atoms in total. The van der Waals surface area contributed by atoms with Crippen LogP contribution in [0.1, 0.15) is 9.68 Å². The zero-order valence-corrected chi connectivity index (χ0v) is 7.06. The second-order valence-electron chi connectivity index (χ2n) is 2.55. The van der Waals surface area contributed by atoms with Gasteiger partial charge in [-0.25, -0.2) is 0 Å². The Kier molecular flexibility index (Phi) is 1.89. The Morgan fingerprint density at radius 1 is 1.57 bits per heavy atom. The number of phenolic OH excluding ortho intramolecular Hbond substituents is 2. The molecule has 1 aromatic rings. The van der Waals surface area contributed by atoms with E-state index in [1.165, 1.54) is 0 Å². The van der Waals surface area contributed by atoms with Crippen molar-refractivity contribution in [1.82, 2.24) is 0 Å². The molecule has 5 heteroatoms. The van der Waals surface area contributed by atoms with Crippen LogP contribution in [0.5, 0.6) is 11.5 Å². The average molecular weight is 201 g/mol. The average Bonchev–Trinajstić information content (AvgIpc) is 2.21. The molecule has 14 heavy (non-hydrogen) atoms. The minimum absolute atomic E-state index is 0.312. The topological polar surface area (TPSA) is 104 Å². The van der Waals surface area contributed by atoms with E-state index in [-0.39, 0.29) is 5.56 Å². The molecule has 0 spiro atoms. The van der Waals surface area contributed by atoms with Gasteiger partial charge in [0.15, 0.2) is 11.5 Å². The molecule has 1 rings (SSSR count). The number of benzene rings is 1. The van der Waals surface area contributed by atoms with Crippen LogP contribution in [0.15, 0.2) is 18.2 Å². The summed E-state index contributed by atoms with van der Waals surface area (Å²) in [6, 6.07) is -0.0423. The second-order valence-corrected chi connectivity index (χ2v) is 2.55. The first-order valence-corrected chi connectivity index (χ1v) is 3.65. The van der Waals surface area contributed by atoms with Gasteiger partial charge in [0.2, 0.25) is 0 Å². The van der Waals surface area contributed by atoms with Gasteiger partial charge in [0.05, 0.1) is 1.37 Å². The quantitative estimate of drug-likeness (QED) is 0.408. The number of phenols is 2. The molecule has 0 aromatic heterocycles. The Balaban J connectivity index is 3.30. The molecule has 0 saturated heterocycles. The highest BCUT2D eigenvalue weighted by Crippen LogP contribution is 2.25. The molecule has 76 valence electrons. The van der Waals surface area contributed by atoms with Gasteiger partial charge >= 0.3 is 5.97 Å². The van der Waals surface area contributed by atoms with Crippen molar-refractivity contribution in [3.63, 3.8) is 0 Å². The summed E-state index contributed by atoms with van der Waals surface area (Å²) >= 11 is 0. The fraction of sp³-hybridized carbons (Fsp3) is 0.222. The fourth-order valence-electron chi connectivity index (χ4n) is 0.810. The second kappa shape index (κ2) is 3.97. The molecule has 0 aliphatic heterocycles. The van der Waals surface area contributed by atoms with Crippen molar-refractivity contribution in [3.05, 3.63) is 23.8 Å². The van der Waals surface area contributed by atoms with Gasteiger partial charge in [-0.3, -0.25) is 4.79 Å². The SMILES string of the molecule is [2H]C([2H])(c1ccc(O)c(O)c1)[13C@@]([2H])(N)C(=O)O. The van der Waals surface area contributed by atoms with Gasteiger partial charge in [0.1, 0.15) is 6.02 Å². The first-order valence-electron chi connectivity index (χ1n) is 5.15. The molecule has 5 N–H and O–H groups in total. The van der Waals surface area contributed by atoms with Crippen LogP contribution in [0.2, 0.25) is 0 Å². The van der Waals surface area contributed by atoms with Gasteiger partial charge in [-0.15, -0.1) is 0 Å². The summed E-state index contributed by atoms with van der Waals surface area (Å²) in [5.74, 6) is -2.94. The standard InChI is InChI=1S/C9H11NO4/c10-6(9(13)14)3-5-1-2-7(11)8(12)4-5/h1-2,4,6,11-12H,3,10H2,(H,13,14)/t6-/m1/s1/i3D2,6+1D. The lowest BCUT2D eigenvalue weighted by molar-refractivity contribution is -0.138. The Morgan fingerprint density at radius 3 is 2.71 bits per heavy atom. The molecular weight excluding hydrogens is 187 g/mol. The lowest BCUT2D eigenvalue weighted by atomic mass is 10.1. The van der Waals surface area contributed by atoms with Gasteiger partial charge in [-0.1, -0.05) is 6.07 Å². The summed E-state index contributed by atoms with van der Waals surface area (Å²) in [4.78, 5) is 10.7. The van der Waals surface area contributed by atoms with Crippen molar-refractivity contribution >= 4 is 5.97 Å². The van der Waals surface area contributed by atoms with Crippen LogP contribution in [0.25, 0.3) is 0 Å². The summed E-state index contributed by atoms with van der Waals surface area (Å²) in [7, 11) is 0. The highest BCUT2D eigenvalue weighted by Gasteiger charge is 2.12. The smallest absolute Gasteiger partial charge is 0.320 e. The maximum Gasteiger partial charge on any atom is 0.320 e. The number of carbonyl (C=O) groups is 1. The van der Waals surface area contributed by atoms with E-state index in [0.717, 1.165) is 18.2 Å². The first-order chi connectivity index (χ1) is 7.60. The Morgan fingerprint density at radius 2 is 2.21 bits per heavy atom. The molecular formula is C9H11NO4. The van der Waals surface area contributed by atoms with Crippen LogP contribution in [-0.4, -0.2) is 27.3 Å². The van der Waals surface area contributed by atoms with Gasteiger partial charge in [-0.2, -0.15) is 0 Å². The molecule has 1 atom stereocenters. The number of rotatable bonds is 3. The van der Waals surface area contributed by atoms with Crippen molar-refractivity contribution in [2.24, 2.45) is 5.73 Å². The summed E-state index contributed by atoms with van der Waals surface area (Å²) in [5.41, 5.74) is 4.79. The normalized spacial score (nSPS) is 18.8. The molecule has 0 heterocycles. The zero-order valence-electron chi connectivity index (χ0n) is 10.1. The third-order valence-corrected chi connectivity index (χ3v) is 1.48. The van der Waals surface area contributed by atoms with Crippen molar-refractivity contribution in [3.8, 4) is 11.5 Å². The van der Waals surface area contributed by atoms with Crippen molar-refractivity contribution in [1.29, 1.82) is 0 Å². The van der Waals surface area contributed by atoms with Crippen molar-refractivity contribution < 1.29 is 24.2 Å². The molecule has 0 aliphatic rings. The highest BCUT2D eigenvalue weighted by molar-refractivity contribution is 5.73. The van der Waals surface area contributed by atoms with E-state index in [1.54, 1.807) is 0 Å². The summed E-state index contributed by atoms with van der Waals surface area (Å²) in [5, 5.41) is 27.0. The molecule has 0 amide bonds. The monoisotopic (exact) mass is 201 g/mol. The van der Waals surface area contributed by atoms with Crippen LogP contribution in [0, 0.1) is 0 Å². The number of carboxylic acid groups (broad SMARTS) is 1. The van der Waals surface area contributed by atoms with E-state index in [1.807, 2.05) is 0 Å². The molecule has 0 aliphatic carbocycles. The van der Waals surface area contributed by atoms with E-state index in [0.29, 0.717) is 0 Å². The minimum atomic E-state index is -2.91. The highest BCUT2D eigenvalue weighted by atomic mass is 16.4. The Bertz CT molecular complexity index is 462. The van der Waals surface area contributed by atoms with Crippen molar-refractivity contribution in [2.75, 3.05) is 0 Å². The zero-order chi connectivity index (χ0) is 13.4. The van der Waals surface area contributed by atoms with E-state index < -0.39 is 29.9 Å². The lowest BCUT2D eigenvalue weighted by Crippen LogP contribution is -2.32. The Labute approximate surface area is 84.6 Å². The van der Waals surface area contributed by atoms with Gasteiger partial charge in [-0.05, 0) is 24.1 Å². The van der Waals surface area contributed by atoms with Crippen molar-refractivity contribution in [2.45, 2.75) is 12.4 Å². The number of aliphatic carboxylic acids is 1. The fourth-order valence-corrected chi connectivity index (χ4v) is 0.810. The van der Waals surface area contributed by atoms with Gasteiger partial charge in [0, 0.05) is 2.74 Å². The van der Waals surface area contributed by atoms with E-state index in [2.05, 4.69) is 0 Å². The minimum Gasteiger partial charge on any atom is -0.504 e. The lowest BCUT2D eigenvalue weighted by Gasteiger charge is -2.06. The van der Waals surface area contributed by atoms with E-state index in [9.17, 15) is 9.90 Å².